The molecule has 0 radical (unpaired) electrons. The molecule has 0 aromatic heterocycles. The van der Waals surface area contributed by atoms with Crippen LogP contribution >= 0.6 is 27.5 Å². The maximum atomic E-state index is 12.1. The topological polar surface area (TPSA) is 17.1 Å². The van der Waals surface area contributed by atoms with Gasteiger partial charge in [-0.15, -0.1) is 11.6 Å². The predicted molar refractivity (Wildman–Crippen MR) is 73.5 cm³/mol. The lowest BCUT2D eigenvalue weighted by molar-refractivity contribution is 0.0987. The predicted octanol–water partition coefficient (Wildman–Crippen LogP) is 4.61. The number of ketones is 1. The molecule has 0 saturated carbocycles. The number of rotatable bonds is 3. The first-order valence-electron chi connectivity index (χ1n) is 5.17. The summed E-state index contributed by atoms with van der Waals surface area (Å²) in [6.45, 7) is 0. The molecule has 0 heterocycles. The number of alkyl halides is 1. The summed E-state index contributed by atoms with van der Waals surface area (Å²) in [4.78, 5) is 12.1. The second kappa shape index (κ2) is 5.48. The molecule has 0 aliphatic carbocycles. The maximum Gasteiger partial charge on any atom is 0.185 e. The number of carbonyl (C=O) groups is 1. The number of benzene rings is 2. The summed E-state index contributed by atoms with van der Waals surface area (Å²) >= 11 is 9.52. The van der Waals surface area contributed by atoms with Gasteiger partial charge in [0.15, 0.2) is 5.78 Å². The van der Waals surface area contributed by atoms with Crippen molar-refractivity contribution in [2.45, 2.75) is 5.38 Å². The molecule has 0 aliphatic heterocycles. The third-order valence-electron chi connectivity index (χ3n) is 2.43. The van der Waals surface area contributed by atoms with Gasteiger partial charge in [0.2, 0.25) is 0 Å². The van der Waals surface area contributed by atoms with E-state index in [1.54, 1.807) is 12.1 Å². The summed E-state index contributed by atoms with van der Waals surface area (Å²) < 4.78 is 0.875. The van der Waals surface area contributed by atoms with Gasteiger partial charge in [-0.1, -0.05) is 58.4 Å². The summed E-state index contributed by atoms with van der Waals surface area (Å²) in [5, 5.41) is -0.634. The van der Waals surface area contributed by atoms with Crippen LogP contribution in [-0.2, 0) is 0 Å². The summed E-state index contributed by atoms with van der Waals surface area (Å²) in [5.41, 5.74) is 1.43. The lowest BCUT2D eigenvalue weighted by Crippen LogP contribution is -2.07. The minimum atomic E-state index is -0.634. The van der Waals surface area contributed by atoms with Gasteiger partial charge in [0, 0.05) is 10.0 Å². The molecular formula is C14H10BrClO. The van der Waals surface area contributed by atoms with E-state index in [9.17, 15) is 4.79 Å². The molecule has 0 saturated heterocycles. The van der Waals surface area contributed by atoms with Gasteiger partial charge in [-0.3, -0.25) is 4.79 Å². The maximum absolute atomic E-state index is 12.1. The summed E-state index contributed by atoms with van der Waals surface area (Å²) in [6, 6.07) is 16.6. The van der Waals surface area contributed by atoms with Gasteiger partial charge in [-0.2, -0.15) is 0 Å². The lowest BCUT2D eigenvalue weighted by Gasteiger charge is -2.08. The second-order valence-corrected chi connectivity index (χ2v) is 5.00. The quantitative estimate of drug-likeness (QED) is 0.597. The van der Waals surface area contributed by atoms with Crippen LogP contribution in [-0.4, -0.2) is 5.78 Å². The molecule has 1 atom stereocenters. The van der Waals surface area contributed by atoms with Crippen molar-refractivity contribution in [3.8, 4) is 0 Å². The fraction of sp³-hybridized carbons (Fsp3) is 0.0714. The highest BCUT2D eigenvalue weighted by Crippen LogP contribution is 2.25. The van der Waals surface area contributed by atoms with Gasteiger partial charge in [0.25, 0.3) is 0 Å². The van der Waals surface area contributed by atoms with Crippen LogP contribution < -0.4 is 0 Å². The van der Waals surface area contributed by atoms with Gasteiger partial charge in [-0.25, -0.2) is 0 Å². The van der Waals surface area contributed by atoms with Crippen LogP contribution in [0.4, 0.5) is 0 Å². The number of Topliss-reactive ketones (excluding diaryl/α,β-unsaturated/α-hetero) is 1. The molecule has 86 valence electrons. The zero-order chi connectivity index (χ0) is 12.3. The minimum absolute atomic E-state index is 0.0841. The Bertz CT molecular complexity index is 525. The summed E-state index contributed by atoms with van der Waals surface area (Å²) in [6.07, 6.45) is 0. The van der Waals surface area contributed by atoms with Crippen molar-refractivity contribution in [3.63, 3.8) is 0 Å². The highest BCUT2D eigenvalue weighted by atomic mass is 79.9. The molecule has 0 fully saturated rings. The van der Waals surface area contributed by atoms with Crippen molar-refractivity contribution < 1.29 is 4.79 Å². The molecule has 0 spiro atoms. The summed E-state index contributed by atoms with van der Waals surface area (Å²) in [5.74, 6) is -0.0841. The Balaban J connectivity index is 2.27. The molecule has 0 bridgehead atoms. The molecule has 0 N–H and O–H groups in total. The fourth-order valence-electron chi connectivity index (χ4n) is 1.56. The van der Waals surface area contributed by atoms with E-state index in [1.807, 2.05) is 42.5 Å². The average Bonchev–Trinajstić information content (AvgIpc) is 2.38. The molecule has 3 heteroatoms. The molecule has 2 rings (SSSR count). The minimum Gasteiger partial charge on any atom is -0.292 e. The highest BCUT2D eigenvalue weighted by Gasteiger charge is 2.18. The van der Waals surface area contributed by atoms with E-state index in [1.165, 1.54) is 0 Å². The summed E-state index contributed by atoms with van der Waals surface area (Å²) in [7, 11) is 0. The Hall–Kier alpha value is -1.12. The van der Waals surface area contributed by atoms with Crippen LogP contribution in [0, 0.1) is 0 Å². The van der Waals surface area contributed by atoms with Crippen LogP contribution in [0.2, 0.25) is 0 Å². The molecule has 1 nitrogen and oxygen atoms in total. The van der Waals surface area contributed by atoms with E-state index in [-0.39, 0.29) is 5.78 Å². The normalized spacial score (nSPS) is 12.1. The second-order valence-electron chi connectivity index (χ2n) is 3.65. The van der Waals surface area contributed by atoms with Crippen LogP contribution in [0.15, 0.2) is 59.1 Å². The van der Waals surface area contributed by atoms with Crippen molar-refractivity contribution in [3.05, 3.63) is 70.2 Å². The molecule has 2 aromatic rings. The molecule has 2 aromatic carbocycles. The monoisotopic (exact) mass is 308 g/mol. The molecule has 0 aliphatic rings. The van der Waals surface area contributed by atoms with Gasteiger partial charge in [0.1, 0.15) is 5.38 Å². The van der Waals surface area contributed by atoms with Crippen LogP contribution in [0.3, 0.4) is 0 Å². The first-order valence-corrected chi connectivity index (χ1v) is 6.40. The Morgan fingerprint density at radius 1 is 1.06 bits per heavy atom. The Labute approximate surface area is 114 Å². The standard InChI is InChI=1S/C14H10BrClO/c15-12-8-4-7-11(9-12)14(17)13(16)10-5-2-1-3-6-10/h1-9,13H. The average molecular weight is 310 g/mol. The van der Waals surface area contributed by atoms with Gasteiger partial charge in [0.05, 0.1) is 0 Å². The largest absolute Gasteiger partial charge is 0.292 e. The van der Waals surface area contributed by atoms with Crippen LogP contribution in [0.25, 0.3) is 0 Å². The first-order chi connectivity index (χ1) is 8.18. The van der Waals surface area contributed by atoms with Crippen molar-refractivity contribution in [2.24, 2.45) is 0 Å². The van der Waals surface area contributed by atoms with E-state index in [4.69, 9.17) is 11.6 Å². The van der Waals surface area contributed by atoms with E-state index in [0.717, 1.165) is 10.0 Å². The van der Waals surface area contributed by atoms with Crippen molar-refractivity contribution in [1.82, 2.24) is 0 Å². The van der Waals surface area contributed by atoms with Crippen molar-refractivity contribution >= 4 is 33.3 Å². The number of carbonyl (C=O) groups excluding carboxylic acids is 1. The Morgan fingerprint density at radius 2 is 1.76 bits per heavy atom. The first kappa shape index (κ1) is 12.3. The number of hydrogen-bond acceptors (Lipinski definition) is 1. The SMILES string of the molecule is O=C(c1cccc(Br)c1)C(Cl)c1ccccc1. The number of hydrogen-bond donors (Lipinski definition) is 0. The number of halogens is 2. The molecule has 17 heavy (non-hydrogen) atoms. The van der Waals surface area contributed by atoms with Crippen LogP contribution in [0.5, 0.6) is 0 Å². The van der Waals surface area contributed by atoms with Gasteiger partial charge in [-0.05, 0) is 17.7 Å². The zero-order valence-corrected chi connectivity index (χ0v) is 11.3. The third-order valence-corrected chi connectivity index (χ3v) is 3.37. The van der Waals surface area contributed by atoms with E-state index in [0.29, 0.717) is 5.56 Å². The molecule has 1 unspecified atom stereocenters. The van der Waals surface area contributed by atoms with Crippen LogP contribution in [0.1, 0.15) is 21.3 Å². The van der Waals surface area contributed by atoms with E-state index >= 15 is 0 Å². The Morgan fingerprint density at radius 3 is 2.41 bits per heavy atom. The smallest absolute Gasteiger partial charge is 0.185 e. The molecular weight excluding hydrogens is 300 g/mol. The third kappa shape index (κ3) is 2.96. The lowest BCUT2D eigenvalue weighted by atomic mass is 10.0. The van der Waals surface area contributed by atoms with Gasteiger partial charge >= 0.3 is 0 Å². The Kier molecular flexibility index (Phi) is 3.97. The van der Waals surface area contributed by atoms with Crippen molar-refractivity contribution in [1.29, 1.82) is 0 Å². The van der Waals surface area contributed by atoms with E-state index in [2.05, 4.69) is 15.9 Å². The van der Waals surface area contributed by atoms with E-state index < -0.39 is 5.38 Å². The zero-order valence-electron chi connectivity index (χ0n) is 8.94. The fourth-order valence-corrected chi connectivity index (χ4v) is 2.23. The van der Waals surface area contributed by atoms with Crippen molar-refractivity contribution in [2.75, 3.05) is 0 Å². The van der Waals surface area contributed by atoms with Gasteiger partial charge < -0.3 is 0 Å². The highest BCUT2D eigenvalue weighted by molar-refractivity contribution is 9.10. The molecule has 0 amide bonds.